The Morgan fingerprint density at radius 1 is 1.56 bits per heavy atom. The van der Waals surface area contributed by atoms with Crippen LogP contribution in [0.4, 0.5) is 4.79 Å². The van der Waals surface area contributed by atoms with Crippen LogP contribution in [0.1, 0.15) is 30.9 Å². The van der Waals surface area contributed by atoms with Gasteiger partial charge in [0, 0.05) is 18.7 Å². The zero-order valence-electron chi connectivity index (χ0n) is 15.5. The number of rotatable bonds is 5. The molecular formula is C19H24N4O4. The fraction of sp³-hybridized carbons (Fsp3) is 0.526. The summed E-state index contributed by atoms with van der Waals surface area (Å²) in [5.41, 5.74) is 1.20. The van der Waals surface area contributed by atoms with Crippen molar-refractivity contribution >= 4 is 12.0 Å². The van der Waals surface area contributed by atoms with Gasteiger partial charge in [0.15, 0.2) is 0 Å². The van der Waals surface area contributed by atoms with Gasteiger partial charge in [-0.05, 0) is 44.5 Å². The zero-order chi connectivity index (χ0) is 19.4. The summed E-state index contributed by atoms with van der Waals surface area (Å²) in [5, 5.41) is 15.3. The molecule has 2 amide bonds. The maximum atomic E-state index is 12.5. The van der Waals surface area contributed by atoms with Crippen molar-refractivity contribution in [2.75, 3.05) is 20.2 Å². The monoisotopic (exact) mass is 372 g/mol. The van der Waals surface area contributed by atoms with Crippen LogP contribution in [0.25, 0.3) is 0 Å². The molecule has 8 heteroatoms. The first kappa shape index (κ1) is 19.1. The van der Waals surface area contributed by atoms with E-state index in [1.807, 2.05) is 6.92 Å². The minimum Gasteiger partial charge on any atom is -0.410 e. The summed E-state index contributed by atoms with van der Waals surface area (Å²) in [6.07, 6.45) is 1.47. The molecule has 0 spiro atoms. The standard InChI is InChI=1S/C19H24N4O4/c1-12(18-16(26-2)4-3-7-21-18)22-17(24)11-23-10-14-8-13(9-20)5-6-15(14)27-19(23)25/h5-6,8,12,16,18,21H,3-4,7,10-11H2,1-2H3,(H,22,24)/t12-,16?,18?/m0/s1. The van der Waals surface area contributed by atoms with Gasteiger partial charge in [-0.2, -0.15) is 5.26 Å². The van der Waals surface area contributed by atoms with E-state index in [9.17, 15) is 9.59 Å². The molecule has 0 aliphatic carbocycles. The van der Waals surface area contributed by atoms with Crippen LogP contribution in [-0.4, -0.2) is 55.3 Å². The predicted molar refractivity (Wildman–Crippen MR) is 97.0 cm³/mol. The zero-order valence-corrected chi connectivity index (χ0v) is 15.5. The smallest absolute Gasteiger partial charge is 0.410 e. The number of fused-ring (bicyclic) bond motifs is 1. The minimum atomic E-state index is -0.569. The van der Waals surface area contributed by atoms with Crippen molar-refractivity contribution in [2.45, 2.75) is 44.5 Å². The largest absolute Gasteiger partial charge is 0.416 e. The lowest BCUT2D eigenvalue weighted by molar-refractivity contribution is -0.123. The maximum Gasteiger partial charge on any atom is 0.416 e. The number of nitrogens with zero attached hydrogens (tertiary/aromatic N) is 2. The molecule has 1 aromatic carbocycles. The Morgan fingerprint density at radius 2 is 2.37 bits per heavy atom. The van der Waals surface area contributed by atoms with E-state index in [0.717, 1.165) is 19.4 Å². The fourth-order valence-electron chi connectivity index (χ4n) is 3.63. The normalized spacial score (nSPS) is 23.0. The molecule has 8 nitrogen and oxygen atoms in total. The van der Waals surface area contributed by atoms with Gasteiger partial charge in [0.2, 0.25) is 5.91 Å². The van der Waals surface area contributed by atoms with Gasteiger partial charge in [-0.25, -0.2) is 4.79 Å². The second-order valence-corrected chi connectivity index (χ2v) is 6.91. The summed E-state index contributed by atoms with van der Waals surface area (Å²) in [7, 11) is 1.68. The molecule has 1 fully saturated rings. The van der Waals surface area contributed by atoms with Crippen LogP contribution in [-0.2, 0) is 16.1 Å². The fourth-order valence-corrected chi connectivity index (χ4v) is 3.63. The van der Waals surface area contributed by atoms with Gasteiger partial charge >= 0.3 is 6.09 Å². The summed E-state index contributed by atoms with van der Waals surface area (Å²) in [4.78, 5) is 25.9. The van der Waals surface area contributed by atoms with Crippen molar-refractivity contribution in [3.63, 3.8) is 0 Å². The van der Waals surface area contributed by atoms with Gasteiger partial charge in [-0.1, -0.05) is 0 Å². The highest BCUT2D eigenvalue weighted by atomic mass is 16.6. The van der Waals surface area contributed by atoms with Crippen LogP contribution in [0.15, 0.2) is 18.2 Å². The summed E-state index contributed by atoms with van der Waals surface area (Å²) < 4.78 is 10.8. The third-order valence-electron chi connectivity index (χ3n) is 5.02. The number of hydrogen-bond acceptors (Lipinski definition) is 6. The van der Waals surface area contributed by atoms with Gasteiger partial charge in [0.05, 0.1) is 30.3 Å². The van der Waals surface area contributed by atoms with Crippen LogP contribution in [0.2, 0.25) is 0 Å². The highest BCUT2D eigenvalue weighted by molar-refractivity contribution is 5.84. The lowest BCUT2D eigenvalue weighted by Gasteiger charge is -2.36. The van der Waals surface area contributed by atoms with E-state index in [0.29, 0.717) is 16.9 Å². The molecule has 3 atom stereocenters. The molecule has 0 radical (unpaired) electrons. The number of carbonyl (C=O) groups is 2. The molecular weight excluding hydrogens is 348 g/mol. The average molecular weight is 372 g/mol. The molecule has 1 saturated heterocycles. The number of amides is 2. The lowest BCUT2D eigenvalue weighted by Crippen LogP contribution is -2.58. The highest BCUT2D eigenvalue weighted by Gasteiger charge is 2.32. The summed E-state index contributed by atoms with van der Waals surface area (Å²) >= 11 is 0. The molecule has 0 aromatic heterocycles. The number of carbonyl (C=O) groups excluding carboxylic acids is 2. The van der Waals surface area contributed by atoms with Crippen molar-refractivity contribution in [2.24, 2.45) is 0 Å². The van der Waals surface area contributed by atoms with Gasteiger partial charge in [-0.15, -0.1) is 0 Å². The van der Waals surface area contributed by atoms with E-state index < -0.39 is 6.09 Å². The molecule has 2 unspecified atom stereocenters. The van der Waals surface area contributed by atoms with Crippen LogP contribution in [0.3, 0.4) is 0 Å². The van der Waals surface area contributed by atoms with Crippen molar-refractivity contribution in [3.8, 4) is 11.8 Å². The molecule has 2 heterocycles. The first-order valence-electron chi connectivity index (χ1n) is 9.07. The van der Waals surface area contributed by atoms with E-state index in [2.05, 4.69) is 16.7 Å². The SMILES string of the molecule is COC1CCCNC1[C@H](C)NC(=O)CN1Cc2cc(C#N)ccc2OC1=O. The number of piperidine rings is 1. The van der Waals surface area contributed by atoms with Crippen LogP contribution < -0.4 is 15.4 Å². The first-order chi connectivity index (χ1) is 13.0. The summed E-state index contributed by atoms with van der Waals surface area (Å²) in [6, 6.07) is 6.82. The number of nitriles is 1. The number of benzene rings is 1. The van der Waals surface area contributed by atoms with Crippen molar-refractivity contribution in [1.29, 1.82) is 5.26 Å². The van der Waals surface area contributed by atoms with Crippen LogP contribution >= 0.6 is 0 Å². The van der Waals surface area contributed by atoms with Crippen molar-refractivity contribution < 1.29 is 19.1 Å². The molecule has 144 valence electrons. The predicted octanol–water partition coefficient (Wildman–Crippen LogP) is 1.14. The maximum absolute atomic E-state index is 12.5. The lowest BCUT2D eigenvalue weighted by atomic mass is 9.95. The second kappa shape index (κ2) is 8.37. The van der Waals surface area contributed by atoms with Gasteiger partial charge in [0.25, 0.3) is 0 Å². The Bertz CT molecular complexity index is 761. The molecule has 2 aliphatic rings. The van der Waals surface area contributed by atoms with Crippen molar-refractivity contribution in [3.05, 3.63) is 29.3 Å². The minimum absolute atomic E-state index is 0.0277. The Hall–Kier alpha value is -2.63. The van der Waals surface area contributed by atoms with E-state index in [1.165, 1.54) is 4.90 Å². The number of hydrogen-bond donors (Lipinski definition) is 2. The summed E-state index contributed by atoms with van der Waals surface area (Å²) in [5.74, 6) is 0.167. The first-order valence-corrected chi connectivity index (χ1v) is 9.07. The van der Waals surface area contributed by atoms with Crippen LogP contribution in [0, 0.1) is 11.3 Å². The van der Waals surface area contributed by atoms with E-state index in [4.69, 9.17) is 14.7 Å². The second-order valence-electron chi connectivity index (χ2n) is 6.91. The van der Waals surface area contributed by atoms with Gasteiger partial charge in [-0.3, -0.25) is 9.69 Å². The summed E-state index contributed by atoms with van der Waals surface area (Å²) in [6.45, 7) is 2.94. The molecule has 3 rings (SSSR count). The Kier molecular flexibility index (Phi) is 5.94. The van der Waals surface area contributed by atoms with E-state index in [-0.39, 0.29) is 37.2 Å². The molecule has 2 N–H and O–H groups in total. The van der Waals surface area contributed by atoms with Gasteiger partial charge in [0.1, 0.15) is 12.3 Å². The molecule has 2 aliphatic heterocycles. The molecule has 27 heavy (non-hydrogen) atoms. The number of ether oxygens (including phenoxy) is 2. The highest BCUT2D eigenvalue weighted by Crippen LogP contribution is 2.26. The Labute approximate surface area is 158 Å². The third-order valence-corrected chi connectivity index (χ3v) is 5.02. The van der Waals surface area contributed by atoms with Crippen molar-refractivity contribution in [1.82, 2.24) is 15.5 Å². The number of nitrogens with one attached hydrogen (secondary N) is 2. The Morgan fingerprint density at radius 3 is 3.11 bits per heavy atom. The number of methoxy groups -OCH3 is 1. The molecule has 0 bridgehead atoms. The molecule has 1 aromatic rings. The quantitative estimate of drug-likeness (QED) is 0.803. The Balaban J connectivity index is 1.60. The van der Waals surface area contributed by atoms with E-state index in [1.54, 1.807) is 25.3 Å². The van der Waals surface area contributed by atoms with E-state index >= 15 is 0 Å². The van der Waals surface area contributed by atoms with Gasteiger partial charge < -0.3 is 20.1 Å². The topological polar surface area (TPSA) is 104 Å². The van der Waals surface area contributed by atoms with Crippen LogP contribution in [0.5, 0.6) is 5.75 Å². The average Bonchev–Trinajstić information content (AvgIpc) is 2.68. The third kappa shape index (κ3) is 4.38. The molecule has 0 saturated carbocycles.